The first kappa shape index (κ1) is 29.5. The normalized spacial score (nSPS) is 25.4. The van der Waals surface area contributed by atoms with E-state index in [1.54, 1.807) is 17.0 Å². The van der Waals surface area contributed by atoms with Crippen molar-refractivity contribution in [1.82, 2.24) is 20.0 Å². The van der Waals surface area contributed by atoms with Crippen molar-refractivity contribution in [2.45, 2.75) is 82.5 Å². The van der Waals surface area contributed by atoms with E-state index in [1.165, 1.54) is 4.90 Å². The van der Waals surface area contributed by atoms with Crippen LogP contribution in [0.1, 0.15) is 69.2 Å². The number of nitrogens with one attached hydrogen (secondary N) is 1. The number of aliphatic hydroxyl groups is 1. The van der Waals surface area contributed by atoms with Crippen molar-refractivity contribution in [3.05, 3.63) is 29.8 Å². The number of hydrogen-bond acceptors (Lipinski definition) is 7. The summed E-state index contributed by atoms with van der Waals surface area (Å²) >= 11 is 0. The molecule has 2 N–H and O–H groups in total. The van der Waals surface area contributed by atoms with Gasteiger partial charge in [-0.05, 0) is 62.9 Å². The number of ketones is 1. The molecule has 3 unspecified atom stereocenters. The first-order valence-electron chi connectivity index (χ1n) is 15.3. The Morgan fingerprint density at radius 3 is 2.27 bits per heavy atom. The molecule has 0 radical (unpaired) electrons. The van der Waals surface area contributed by atoms with E-state index < -0.39 is 23.7 Å². The lowest BCUT2D eigenvalue weighted by Crippen LogP contribution is -2.54. The number of hydrogen-bond donors (Lipinski definition) is 2. The highest BCUT2D eigenvalue weighted by Gasteiger charge is 2.55. The molecule has 4 aliphatic rings. The van der Waals surface area contributed by atoms with Gasteiger partial charge in [-0.2, -0.15) is 0 Å². The molecular weight excluding hydrogens is 522 g/mol. The van der Waals surface area contributed by atoms with E-state index in [4.69, 9.17) is 0 Å². The lowest BCUT2D eigenvalue weighted by Gasteiger charge is -2.36. The molecule has 10 nitrogen and oxygen atoms in total. The minimum atomic E-state index is -1.42. The van der Waals surface area contributed by atoms with Crippen molar-refractivity contribution in [1.29, 1.82) is 0 Å². The van der Waals surface area contributed by atoms with E-state index in [-0.39, 0.29) is 36.0 Å². The van der Waals surface area contributed by atoms with Crippen molar-refractivity contribution >= 4 is 29.2 Å². The number of amides is 3. The summed E-state index contributed by atoms with van der Waals surface area (Å²) in [5.74, 6) is -1.02. The first-order valence-corrected chi connectivity index (χ1v) is 15.3. The number of anilines is 1. The number of rotatable bonds is 7. The molecule has 1 aromatic carbocycles. The second kappa shape index (κ2) is 12.1. The maximum Gasteiger partial charge on any atom is 0.255 e. The van der Waals surface area contributed by atoms with Gasteiger partial charge in [-0.3, -0.25) is 19.2 Å². The molecule has 5 rings (SSSR count). The van der Waals surface area contributed by atoms with Gasteiger partial charge in [-0.1, -0.05) is 33.1 Å². The van der Waals surface area contributed by atoms with Crippen LogP contribution in [-0.2, 0) is 14.4 Å². The Balaban J connectivity index is 1.26. The average Bonchev–Trinajstić information content (AvgIpc) is 3.54. The Morgan fingerprint density at radius 1 is 0.976 bits per heavy atom. The molecule has 224 valence electrons. The van der Waals surface area contributed by atoms with Gasteiger partial charge in [0.15, 0.2) is 5.78 Å². The number of piperazine rings is 1. The fourth-order valence-corrected chi connectivity index (χ4v) is 6.98. The zero-order valence-corrected chi connectivity index (χ0v) is 24.7. The standard InChI is InChI=1S/C31H45N5O5/c1-21(2)19-24(32-28(38)22-7-9-23(10-8-22)34-17-15-33(3)16-18-34)29(39)35-14-11-25-27(35)26(37)20-36(25)30(40)31(41)12-5-4-6-13-31/h7-10,21,24-25,27,41H,4-6,11-20H2,1-3H3,(H,32,38). The van der Waals surface area contributed by atoms with Crippen LogP contribution in [-0.4, -0.2) is 113 Å². The van der Waals surface area contributed by atoms with E-state index in [0.29, 0.717) is 37.8 Å². The molecule has 1 aliphatic carbocycles. The minimum Gasteiger partial charge on any atom is -0.380 e. The molecule has 0 bridgehead atoms. The summed E-state index contributed by atoms with van der Waals surface area (Å²) in [7, 11) is 2.11. The number of likely N-dealkylation sites (tertiary alicyclic amines) is 2. The zero-order valence-electron chi connectivity index (χ0n) is 24.7. The van der Waals surface area contributed by atoms with Gasteiger partial charge in [0.2, 0.25) is 5.91 Å². The third-order valence-electron chi connectivity index (χ3n) is 9.35. The Morgan fingerprint density at radius 2 is 1.63 bits per heavy atom. The van der Waals surface area contributed by atoms with Gasteiger partial charge in [0.25, 0.3) is 11.8 Å². The number of likely N-dealkylation sites (N-methyl/N-ethyl adjacent to an activating group) is 1. The summed E-state index contributed by atoms with van der Waals surface area (Å²) in [4.78, 5) is 61.4. The average molecular weight is 568 g/mol. The molecule has 0 aromatic heterocycles. The lowest BCUT2D eigenvalue weighted by molar-refractivity contribution is -0.156. The third-order valence-corrected chi connectivity index (χ3v) is 9.35. The number of fused-ring (bicyclic) bond motifs is 1. The van der Waals surface area contributed by atoms with E-state index in [2.05, 4.69) is 22.2 Å². The van der Waals surface area contributed by atoms with Crippen molar-refractivity contribution in [2.24, 2.45) is 5.92 Å². The monoisotopic (exact) mass is 567 g/mol. The summed E-state index contributed by atoms with van der Waals surface area (Å²) in [5.41, 5.74) is 0.140. The molecule has 1 aromatic rings. The number of carbonyl (C=O) groups is 4. The van der Waals surface area contributed by atoms with Gasteiger partial charge in [-0.25, -0.2) is 0 Å². The van der Waals surface area contributed by atoms with Crippen molar-refractivity contribution in [2.75, 3.05) is 51.2 Å². The van der Waals surface area contributed by atoms with Crippen molar-refractivity contribution < 1.29 is 24.3 Å². The predicted octanol–water partition coefficient (Wildman–Crippen LogP) is 1.66. The van der Waals surface area contributed by atoms with E-state index in [9.17, 15) is 24.3 Å². The smallest absolute Gasteiger partial charge is 0.255 e. The molecule has 10 heteroatoms. The van der Waals surface area contributed by atoms with Gasteiger partial charge < -0.3 is 30.0 Å². The van der Waals surface area contributed by atoms with Crippen LogP contribution in [0.5, 0.6) is 0 Å². The van der Waals surface area contributed by atoms with Gasteiger partial charge >= 0.3 is 0 Å². The Kier molecular flexibility index (Phi) is 8.70. The van der Waals surface area contributed by atoms with Gasteiger partial charge in [0, 0.05) is 44.0 Å². The zero-order chi connectivity index (χ0) is 29.3. The number of Topliss-reactive ketones (excluding diaryl/α,β-unsaturated/α-hetero) is 1. The summed E-state index contributed by atoms with van der Waals surface area (Å²) < 4.78 is 0. The van der Waals surface area contributed by atoms with Crippen LogP contribution in [0.3, 0.4) is 0 Å². The minimum absolute atomic E-state index is 0.0822. The Bertz CT molecular complexity index is 1140. The predicted molar refractivity (Wildman–Crippen MR) is 156 cm³/mol. The summed E-state index contributed by atoms with van der Waals surface area (Å²) in [5, 5.41) is 14.0. The van der Waals surface area contributed by atoms with Crippen LogP contribution in [0.4, 0.5) is 5.69 Å². The largest absolute Gasteiger partial charge is 0.380 e. The van der Waals surface area contributed by atoms with Gasteiger partial charge in [-0.15, -0.1) is 0 Å². The fraction of sp³-hybridized carbons (Fsp3) is 0.677. The Hall–Kier alpha value is -2.98. The Labute approximate surface area is 243 Å². The maximum atomic E-state index is 13.9. The number of nitrogens with zero attached hydrogens (tertiary/aromatic N) is 4. The highest BCUT2D eigenvalue weighted by molar-refractivity contribution is 6.01. The molecule has 0 spiro atoms. The fourth-order valence-electron chi connectivity index (χ4n) is 6.98. The second-order valence-electron chi connectivity index (χ2n) is 12.8. The highest BCUT2D eigenvalue weighted by atomic mass is 16.3. The number of carbonyl (C=O) groups excluding carboxylic acids is 4. The van der Waals surface area contributed by atoms with Crippen molar-refractivity contribution in [3.63, 3.8) is 0 Å². The van der Waals surface area contributed by atoms with Crippen molar-refractivity contribution in [3.8, 4) is 0 Å². The number of benzene rings is 1. The SMILES string of the molecule is CC(C)CC(NC(=O)c1ccc(N2CCN(C)CC2)cc1)C(=O)N1CCC2C1C(=O)CN2C(=O)C1(O)CCCCC1. The molecule has 3 amide bonds. The quantitative estimate of drug-likeness (QED) is 0.515. The van der Waals surface area contributed by atoms with Crippen LogP contribution in [0.25, 0.3) is 0 Å². The molecule has 3 atom stereocenters. The molecule has 4 fully saturated rings. The lowest BCUT2D eigenvalue weighted by atomic mass is 9.83. The summed E-state index contributed by atoms with van der Waals surface area (Å²) in [6, 6.07) is 5.56. The summed E-state index contributed by atoms with van der Waals surface area (Å²) in [6.45, 7) is 8.11. The second-order valence-corrected chi connectivity index (χ2v) is 12.8. The van der Waals surface area contributed by atoms with Crippen LogP contribution in [0, 0.1) is 5.92 Å². The molecular formula is C31H45N5O5. The topological polar surface area (TPSA) is 114 Å². The van der Waals surface area contributed by atoms with Crippen LogP contribution < -0.4 is 10.2 Å². The first-order chi connectivity index (χ1) is 19.6. The van der Waals surface area contributed by atoms with Crippen LogP contribution >= 0.6 is 0 Å². The van der Waals surface area contributed by atoms with Crippen LogP contribution in [0.2, 0.25) is 0 Å². The van der Waals surface area contributed by atoms with Gasteiger partial charge in [0.1, 0.15) is 17.7 Å². The van der Waals surface area contributed by atoms with E-state index in [0.717, 1.165) is 51.1 Å². The molecule has 3 heterocycles. The highest BCUT2D eigenvalue weighted by Crippen LogP contribution is 2.36. The molecule has 1 saturated carbocycles. The molecule has 41 heavy (non-hydrogen) atoms. The van der Waals surface area contributed by atoms with Crippen LogP contribution in [0.15, 0.2) is 24.3 Å². The maximum absolute atomic E-state index is 13.9. The van der Waals surface area contributed by atoms with Gasteiger partial charge in [0.05, 0.1) is 12.6 Å². The molecule has 3 saturated heterocycles. The van der Waals surface area contributed by atoms with E-state index in [1.807, 2.05) is 26.0 Å². The third kappa shape index (κ3) is 6.14. The van der Waals surface area contributed by atoms with E-state index >= 15 is 0 Å². The molecule has 3 aliphatic heterocycles. The summed E-state index contributed by atoms with van der Waals surface area (Å²) in [6.07, 6.45) is 4.32.